The fourth-order valence-corrected chi connectivity index (χ4v) is 1.64. The number of aryl methyl sites for hydroxylation is 1. The fraction of sp³-hybridized carbons (Fsp3) is 0.600. The maximum absolute atomic E-state index is 10.1. The topological polar surface area (TPSA) is 38.7 Å². The molecule has 0 fully saturated rings. The summed E-state index contributed by atoms with van der Waals surface area (Å²) in [5, 5.41) is 10.1. The van der Waals surface area contributed by atoms with Crippen molar-refractivity contribution in [2.45, 2.75) is 46.0 Å². The second-order valence-corrected chi connectivity index (χ2v) is 4.85. The number of rotatable bonds is 7. The Morgan fingerprint density at radius 2 is 1.56 bits per heavy atom. The molecule has 102 valence electrons. The van der Waals surface area contributed by atoms with Crippen molar-refractivity contribution in [3.8, 4) is 0 Å². The molecule has 0 saturated heterocycles. The largest absolute Gasteiger partial charge is 0.386 e. The lowest BCUT2D eigenvalue weighted by molar-refractivity contribution is -0.0555. The molecular formula is C15H24O3. The summed E-state index contributed by atoms with van der Waals surface area (Å²) < 4.78 is 11.0. The van der Waals surface area contributed by atoms with Gasteiger partial charge in [0.25, 0.3) is 0 Å². The summed E-state index contributed by atoms with van der Waals surface area (Å²) in [6.45, 7) is 8.94. The second-order valence-electron chi connectivity index (χ2n) is 4.85. The summed E-state index contributed by atoms with van der Waals surface area (Å²) in [5.41, 5.74) is 2.07. The molecule has 0 aliphatic rings. The molecule has 0 aromatic heterocycles. The van der Waals surface area contributed by atoms with Crippen molar-refractivity contribution in [1.82, 2.24) is 0 Å². The Labute approximate surface area is 110 Å². The van der Waals surface area contributed by atoms with Gasteiger partial charge < -0.3 is 14.6 Å². The number of aliphatic hydroxyl groups is 1. The van der Waals surface area contributed by atoms with Gasteiger partial charge in [-0.15, -0.1) is 0 Å². The van der Waals surface area contributed by atoms with Gasteiger partial charge in [-0.1, -0.05) is 29.8 Å². The van der Waals surface area contributed by atoms with Crippen LogP contribution < -0.4 is 0 Å². The molecule has 1 aromatic carbocycles. The van der Waals surface area contributed by atoms with Gasteiger partial charge in [0.1, 0.15) is 6.10 Å². The molecule has 2 atom stereocenters. The average molecular weight is 252 g/mol. The summed E-state index contributed by atoms with van der Waals surface area (Å²) >= 11 is 0. The molecule has 0 radical (unpaired) electrons. The Kier molecular flexibility index (Phi) is 6.33. The van der Waals surface area contributed by atoms with Crippen LogP contribution in [0.15, 0.2) is 24.3 Å². The third-order valence-electron chi connectivity index (χ3n) is 2.78. The van der Waals surface area contributed by atoms with Crippen LogP contribution in [0.1, 0.15) is 38.0 Å². The first kappa shape index (κ1) is 15.2. The Morgan fingerprint density at radius 1 is 1.00 bits per heavy atom. The van der Waals surface area contributed by atoms with E-state index in [-0.39, 0.29) is 12.2 Å². The Morgan fingerprint density at radius 3 is 2.11 bits per heavy atom. The molecule has 0 aliphatic carbocycles. The lowest BCUT2D eigenvalue weighted by Crippen LogP contribution is -2.21. The highest BCUT2D eigenvalue weighted by molar-refractivity contribution is 5.23. The Hall–Kier alpha value is -0.900. The van der Waals surface area contributed by atoms with E-state index >= 15 is 0 Å². The Balaban J connectivity index is 2.36. The van der Waals surface area contributed by atoms with Gasteiger partial charge >= 0.3 is 0 Å². The summed E-state index contributed by atoms with van der Waals surface area (Å²) in [6.07, 6.45) is -0.612. The van der Waals surface area contributed by atoms with Crippen LogP contribution in [0.2, 0.25) is 0 Å². The zero-order valence-corrected chi connectivity index (χ0v) is 11.7. The van der Waals surface area contributed by atoms with Crippen LogP contribution in [0.4, 0.5) is 0 Å². The van der Waals surface area contributed by atoms with Gasteiger partial charge in [0, 0.05) is 0 Å². The molecule has 0 amide bonds. The highest BCUT2D eigenvalue weighted by Crippen LogP contribution is 2.19. The van der Waals surface area contributed by atoms with Crippen molar-refractivity contribution < 1.29 is 14.6 Å². The highest BCUT2D eigenvalue weighted by Gasteiger charge is 2.16. The van der Waals surface area contributed by atoms with E-state index in [1.54, 1.807) is 0 Å². The van der Waals surface area contributed by atoms with Gasteiger partial charge in [-0.3, -0.25) is 0 Å². The van der Waals surface area contributed by atoms with Gasteiger partial charge in [0.15, 0.2) is 0 Å². The van der Waals surface area contributed by atoms with Crippen LogP contribution in [0, 0.1) is 6.92 Å². The van der Waals surface area contributed by atoms with Crippen LogP contribution in [-0.2, 0) is 9.47 Å². The molecule has 1 N–H and O–H groups in total. The SMILES string of the molecule is Cc1ccc(C(O)C(C)OCCOC(C)C)cc1. The third-order valence-corrected chi connectivity index (χ3v) is 2.78. The van der Waals surface area contributed by atoms with E-state index in [0.717, 1.165) is 5.56 Å². The zero-order valence-electron chi connectivity index (χ0n) is 11.7. The number of hydrogen-bond donors (Lipinski definition) is 1. The van der Waals surface area contributed by atoms with Crippen LogP contribution >= 0.6 is 0 Å². The van der Waals surface area contributed by atoms with Crippen LogP contribution in [0.3, 0.4) is 0 Å². The number of benzene rings is 1. The van der Waals surface area contributed by atoms with Crippen molar-refractivity contribution in [2.24, 2.45) is 0 Å². The van der Waals surface area contributed by atoms with Crippen molar-refractivity contribution in [2.75, 3.05) is 13.2 Å². The van der Waals surface area contributed by atoms with Gasteiger partial charge in [-0.05, 0) is 33.3 Å². The smallest absolute Gasteiger partial charge is 0.105 e. The predicted octanol–water partition coefficient (Wildman–Crippen LogP) is 2.86. The minimum atomic E-state index is -0.593. The first-order valence-electron chi connectivity index (χ1n) is 6.48. The van der Waals surface area contributed by atoms with E-state index < -0.39 is 6.10 Å². The van der Waals surface area contributed by atoms with Gasteiger partial charge in [0.2, 0.25) is 0 Å². The molecule has 1 rings (SSSR count). The van der Waals surface area contributed by atoms with Crippen LogP contribution in [-0.4, -0.2) is 30.5 Å². The molecule has 18 heavy (non-hydrogen) atoms. The van der Waals surface area contributed by atoms with Crippen molar-refractivity contribution in [3.05, 3.63) is 35.4 Å². The van der Waals surface area contributed by atoms with E-state index in [0.29, 0.717) is 13.2 Å². The van der Waals surface area contributed by atoms with Crippen molar-refractivity contribution in [3.63, 3.8) is 0 Å². The van der Waals surface area contributed by atoms with E-state index in [1.807, 2.05) is 52.0 Å². The lowest BCUT2D eigenvalue weighted by Gasteiger charge is -2.20. The van der Waals surface area contributed by atoms with Gasteiger partial charge in [-0.25, -0.2) is 0 Å². The summed E-state index contributed by atoms with van der Waals surface area (Å²) in [5.74, 6) is 0. The standard InChI is InChI=1S/C15H24O3/c1-11(2)17-9-10-18-13(4)15(16)14-7-5-12(3)6-8-14/h5-8,11,13,15-16H,9-10H2,1-4H3. The minimum Gasteiger partial charge on any atom is -0.386 e. The first-order chi connectivity index (χ1) is 8.50. The fourth-order valence-electron chi connectivity index (χ4n) is 1.64. The molecular weight excluding hydrogens is 228 g/mol. The quantitative estimate of drug-likeness (QED) is 0.758. The van der Waals surface area contributed by atoms with Crippen LogP contribution in [0.5, 0.6) is 0 Å². The molecule has 3 heteroatoms. The molecule has 0 bridgehead atoms. The molecule has 0 aliphatic heterocycles. The average Bonchev–Trinajstić information content (AvgIpc) is 2.34. The second kappa shape index (κ2) is 7.52. The molecule has 0 spiro atoms. The third kappa shape index (κ3) is 5.17. The molecule has 2 unspecified atom stereocenters. The van der Waals surface area contributed by atoms with E-state index in [1.165, 1.54) is 5.56 Å². The summed E-state index contributed by atoms with van der Waals surface area (Å²) in [6, 6.07) is 7.86. The molecule has 0 saturated carbocycles. The predicted molar refractivity (Wildman–Crippen MR) is 72.6 cm³/mol. The van der Waals surface area contributed by atoms with Crippen molar-refractivity contribution in [1.29, 1.82) is 0 Å². The summed E-state index contributed by atoms with van der Waals surface area (Å²) in [7, 11) is 0. The molecule has 3 nitrogen and oxygen atoms in total. The lowest BCUT2D eigenvalue weighted by atomic mass is 10.0. The van der Waals surface area contributed by atoms with E-state index in [2.05, 4.69) is 0 Å². The van der Waals surface area contributed by atoms with Gasteiger partial charge in [-0.2, -0.15) is 0 Å². The highest BCUT2D eigenvalue weighted by atomic mass is 16.5. The number of ether oxygens (including phenoxy) is 2. The molecule has 0 heterocycles. The number of hydrogen-bond acceptors (Lipinski definition) is 3. The minimum absolute atomic E-state index is 0.214. The van der Waals surface area contributed by atoms with E-state index in [4.69, 9.17) is 9.47 Å². The Bertz CT molecular complexity index is 332. The monoisotopic (exact) mass is 252 g/mol. The first-order valence-corrected chi connectivity index (χ1v) is 6.48. The molecule has 1 aromatic rings. The van der Waals surface area contributed by atoms with Crippen LogP contribution in [0.25, 0.3) is 0 Å². The maximum Gasteiger partial charge on any atom is 0.105 e. The van der Waals surface area contributed by atoms with Crippen molar-refractivity contribution >= 4 is 0 Å². The zero-order chi connectivity index (χ0) is 13.5. The summed E-state index contributed by atoms with van der Waals surface area (Å²) in [4.78, 5) is 0. The van der Waals surface area contributed by atoms with Gasteiger partial charge in [0.05, 0.1) is 25.4 Å². The van der Waals surface area contributed by atoms with E-state index in [9.17, 15) is 5.11 Å². The number of aliphatic hydroxyl groups excluding tert-OH is 1. The normalized spacial score (nSPS) is 14.8. The maximum atomic E-state index is 10.1.